The fourth-order valence-corrected chi connectivity index (χ4v) is 3.51. The number of carbonyl (C=O) groups excluding carboxylic acids is 2. The van der Waals surface area contributed by atoms with E-state index in [-0.39, 0.29) is 30.2 Å². The van der Waals surface area contributed by atoms with Gasteiger partial charge in [0.2, 0.25) is 0 Å². The second kappa shape index (κ2) is 9.20. The van der Waals surface area contributed by atoms with Crippen molar-refractivity contribution in [3.8, 4) is 0 Å². The van der Waals surface area contributed by atoms with Gasteiger partial charge in [-0.1, -0.05) is 35.3 Å². The van der Waals surface area contributed by atoms with E-state index in [1.165, 1.54) is 6.92 Å². The largest absolute Gasteiger partial charge is 0.461 e. The van der Waals surface area contributed by atoms with Crippen molar-refractivity contribution < 1.29 is 14.3 Å². The van der Waals surface area contributed by atoms with E-state index in [2.05, 4.69) is 15.5 Å². The van der Waals surface area contributed by atoms with Gasteiger partial charge in [-0.2, -0.15) is 5.11 Å². The molecule has 1 unspecified atom stereocenters. The number of rotatable bonds is 6. The van der Waals surface area contributed by atoms with Crippen LogP contribution in [0.15, 0.2) is 64.0 Å². The molecule has 0 fully saturated rings. The van der Waals surface area contributed by atoms with E-state index >= 15 is 0 Å². The van der Waals surface area contributed by atoms with E-state index in [0.717, 1.165) is 16.7 Å². The molecule has 2 aromatic carbocycles. The van der Waals surface area contributed by atoms with Crippen LogP contribution in [0.5, 0.6) is 0 Å². The number of anilines is 1. The Labute approximate surface area is 178 Å². The van der Waals surface area contributed by atoms with Crippen LogP contribution in [0.2, 0.25) is 10.0 Å². The quantitative estimate of drug-likeness (QED) is 0.626. The highest BCUT2D eigenvalue weighted by Gasteiger charge is 2.25. The molecule has 0 radical (unpaired) electrons. The molecule has 1 atom stereocenters. The summed E-state index contributed by atoms with van der Waals surface area (Å²) in [5.41, 5.74) is 3.33. The van der Waals surface area contributed by atoms with E-state index < -0.39 is 0 Å². The smallest absolute Gasteiger partial charge is 0.302 e. The van der Waals surface area contributed by atoms with Crippen molar-refractivity contribution >= 4 is 40.8 Å². The Morgan fingerprint density at radius 3 is 2.52 bits per heavy atom. The summed E-state index contributed by atoms with van der Waals surface area (Å²) in [6.07, 6.45) is 0.546. The average molecular weight is 432 g/mol. The summed E-state index contributed by atoms with van der Waals surface area (Å²) < 4.78 is 4.98. The highest BCUT2D eigenvalue weighted by atomic mass is 35.5. The van der Waals surface area contributed by atoms with Crippen LogP contribution in [0.4, 0.5) is 5.69 Å². The lowest BCUT2D eigenvalue weighted by molar-refractivity contribution is -0.142. The molecule has 0 spiro atoms. The highest BCUT2D eigenvalue weighted by Crippen LogP contribution is 2.28. The first-order valence-electron chi connectivity index (χ1n) is 8.92. The average Bonchev–Trinajstić information content (AvgIpc) is 3.00. The molecule has 0 aromatic heterocycles. The van der Waals surface area contributed by atoms with Gasteiger partial charge >= 0.3 is 5.97 Å². The third-order valence-electron chi connectivity index (χ3n) is 4.36. The molecule has 6 nitrogen and oxygen atoms in total. The molecule has 0 saturated heterocycles. The Balaban J connectivity index is 1.69. The Kier molecular flexibility index (Phi) is 6.67. The number of carbonyl (C=O) groups is 2. The summed E-state index contributed by atoms with van der Waals surface area (Å²) in [4.78, 5) is 23.6. The van der Waals surface area contributed by atoms with E-state index in [1.54, 1.807) is 24.3 Å². The van der Waals surface area contributed by atoms with Crippen LogP contribution in [0.25, 0.3) is 0 Å². The minimum absolute atomic E-state index is 0.144. The number of azo groups is 1. The van der Waals surface area contributed by atoms with E-state index in [4.69, 9.17) is 27.9 Å². The number of nitrogens with zero attached hydrogens (tertiary/aromatic N) is 2. The Morgan fingerprint density at radius 2 is 1.83 bits per heavy atom. The van der Waals surface area contributed by atoms with Crippen molar-refractivity contribution in [3.63, 3.8) is 0 Å². The standard InChI is InChI=1S/C21H19Cl2N3O3/c1-12-19(9-15-6-16(22)10-17(23)7-15)25-26-20(12)21(28)24-18-5-3-4-14(8-18)11-29-13(2)27/h3-8,10,19H,9,11H2,1-2H3,(H,24,28). The number of ether oxygens (including phenoxy) is 1. The SMILES string of the molecule is CC(=O)OCc1cccc(NC(=O)C2=C(C)C(Cc3cc(Cl)cc(Cl)c3)N=N2)c1. The summed E-state index contributed by atoms with van der Waals surface area (Å²) in [7, 11) is 0. The molecule has 1 aliphatic rings. The van der Waals surface area contributed by atoms with Crippen LogP contribution >= 0.6 is 23.2 Å². The van der Waals surface area contributed by atoms with Crippen molar-refractivity contribution in [1.82, 2.24) is 0 Å². The van der Waals surface area contributed by atoms with Gasteiger partial charge in [-0.3, -0.25) is 9.59 Å². The Hall–Kier alpha value is -2.70. The fraction of sp³-hybridized carbons (Fsp3) is 0.238. The summed E-state index contributed by atoms with van der Waals surface area (Å²) >= 11 is 12.1. The first kappa shape index (κ1) is 21.0. The number of nitrogens with one attached hydrogen (secondary N) is 1. The van der Waals surface area contributed by atoms with Gasteiger partial charge in [0.15, 0.2) is 5.70 Å². The molecule has 0 saturated carbocycles. The number of halogens is 2. The molecule has 3 rings (SSSR count). The van der Waals surface area contributed by atoms with Crippen molar-refractivity contribution in [2.75, 3.05) is 5.32 Å². The fourth-order valence-electron chi connectivity index (χ4n) is 2.94. The summed E-state index contributed by atoms with van der Waals surface area (Å²) in [6, 6.07) is 12.1. The van der Waals surface area contributed by atoms with Crippen LogP contribution in [-0.2, 0) is 27.4 Å². The van der Waals surface area contributed by atoms with Crippen molar-refractivity contribution in [1.29, 1.82) is 0 Å². The Bertz CT molecular complexity index is 998. The zero-order valence-electron chi connectivity index (χ0n) is 15.9. The molecule has 0 bridgehead atoms. The third kappa shape index (κ3) is 5.65. The van der Waals surface area contributed by atoms with Gasteiger partial charge in [-0.25, -0.2) is 0 Å². The molecular weight excluding hydrogens is 413 g/mol. The molecule has 1 N–H and O–H groups in total. The normalized spacial score (nSPS) is 15.5. The lowest BCUT2D eigenvalue weighted by Crippen LogP contribution is -2.16. The van der Waals surface area contributed by atoms with Gasteiger partial charge in [0.1, 0.15) is 6.61 Å². The van der Waals surface area contributed by atoms with E-state index in [9.17, 15) is 9.59 Å². The number of hydrogen-bond donors (Lipinski definition) is 1. The molecule has 0 aliphatic carbocycles. The molecule has 150 valence electrons. The maximum Gasteiger partial charge on any atom is 0.302 e. The lowest BCUT2D eigenvalue weighted by atomic mass is 10.00. The minimum atomic E-state index is -0.362. The van der Waals surface area contributed by atoms with Crippen LogP contribution in [0.3, 0.4) is 0 Å². The molecule has 29 heavy (non-hydrogen) atoms. The monoisotopic (exact) mass is 431 g/mol. The van der Waals surface area contributed by atoms with Gasteiger partial charge in [-0.15, -0.1) is 5.11 Å². The number of esters is 1. The minimum Gasteiger partial charge on any atom is -0.461 e. The number of amides is 1. The number of benzene rings is 2. The van der Waals surface area contributed by atoms with Crippen LogP contribution < -0.4 is 5.32 Å². The van der Waals surface area contributed by atoms with Gasteiger partial charge in [-0.05, 0) is 54.0 Å². The lowest BCUT2D eigenvalue weighted by Gasteiger charge is -2.10. The van der Waals surface area contributed by atoms with E-state index in [0.29, 0.717) is 22.2 Å². The summed E-state index contributed by atoms with van der Waals surface area (Å²) in [5, 5.41) is 12.2. The topological polar surface area (TPSA) is 80.1 Å². The van der Waals surface area contributed by atoms with Crippen LogP contribution in [0, 0.1) is 0 Å². The predicted octanol–water partition coefficient (Wildman–Crippen LogP) is 5.35. The molecule has 8 heteroatoms. The van der Waals surface area contributed by atoms with Gasteiger partial charge in [0.25, 0.3) is 5.91 Å². The molecule has 1 aliphatic heterocycles. The second-order valence-electron chi connectivity index (χ2n) is 6.68. The van der Waals surface area contributed by atoms with Gasteiger partial charge < -0.3 is 10.1 Å². The van der Waals surface area contributed by atoms with Crippen molar-refractivity contribution in [2.45, 2.75) is 32.9 Å². The van der Waals surface area contributed by atoms with Gasteiger partial charge in [0, 0.05) is 29.1 Å². The summed E-state index contributed by atoms with van der Waals surface area (Å²) in [6.45, 7) is 3.33. The molecule has 1 heterocycles. The molecular formula is C21H19Cl2N3O3. The third-order valence-corrected chi connectivity index (χ3v) is 4.80. The predicted molar refractivity (Wildman–Crippen MR) is 112 cm³/mol. The van der Waals surface area contributed by atoms with Crippen LogP contribution in [-0.4, -0.2) is 17.9 Å². The van der Waals surface area contributed by atoms with Crippen LogP contribution in [0.1, 0.15) is 25.0 Å². The zero-order valence-corrected chi connectivity index (χ0v) is 17.4. The van der Waals surface area contributed by atoms with Crippen molar-refractivity contribution in [2.24, 2.45) is 10.2 Å². The maximum atomic E-state index is 12.7. The second-order valence-corrected chi connectivity index (χ2v) is 7.55. The zero-order chi connectivity index (χ0) is 21.0. The molecule has 1 amide bonds. The first-order valence-corrected chi connectivity index (χ1v) is 9.67. The molecule has 2 aromatic rings. The number of hydrogen-bond acceptors (Lipinski definition) is 5. The highest BCUT2D eigenvalue weighted by molar-refractivity contribution is 6.34. The summed E-state index contributed by atoms with van der Waals surface area (Å²) in [5.74, 6) is -0.707. The van der Waals surface area contributed by atoms with Gasteiger partial charge in [0.05, 0.1) is 6.04 Å². The van der Waals surface area contributed by atoms with Crippen molar-refractivity contribution in [3.05, 3.63) is 74.9 Å². The maximum absolute atomic E-state index is 12.7. The first-order chi connectivity index (χ1) is 13.8. The van der Waals surface area contributed by atoms with E-state index in [1.807, 2.05) is 25.1 Å². The Morgan fingerprint density at radius 1 is 1.10 bits per heavy atom.